The summed E-state index contributed by atoms with van der Waals surface area (Å²) in [6, 6.07) is 8.47. The molecule has 2 aromatic carbocycles. The second kappa shape index (κ2) is 8.95. The number of esters is 1. The van der Waals surface area contributed by atoms with Crippen molar-refractivity contribution >= 4 is 11.7 Å². The van der Waals surface area contributed by atoms with Gasteiger partial charge in [0.1, 0.15) is 17.3 Å². The minimum atomic E-state index is -0.503. The lowest BCUT2D eigenvalue weighted by atomic mass is 9.86. The van der Waals surface area contributed by atoms with Crippen molar-refractivity contribution in [1.29, 1.82) is 0 Å². The Kier molecular flexibility index (Phi) is 6.28. The molecule has 0 N–H and O–H groups in total. The summed E-state index contributed by atoms with van der Waals surface area (Å²) in [6.07, 6.45) is 1.68. The van der Waals surface area contributed by atoms with Crippen molar-refractivity contribution in [2.24, 2.45) is 5.92 Å². The van der Waals surface area contributed by atoms with E-state index < -0.39 is 11.6 Å². The number of rotatable bonds is 5. The topological polar surface area (TPSA) is 32.8 Å². The van der Waals surface area contributed by atoms with Crippen molar-refractivity contribution in [3.63, 3.8) is 0 Å². The molecule has 4 nitrogen and oxygen atoms in total. The van der Waals surface area contributed by atoms with E-state index in [4.69, 9.17) is 4.74 Å². The molecule has 0 amide bonds. The summed E-state index contributed by atoms with van der Waals surface area (Å²) >= 11 is 0. The second-order valence-corrected chi connectivity index (χ2v) is 8.88. The van der Waals surface area contributed by atoms with Gasteiger partial charge in [-0.3, -0.25) is 9.69 Å². The van der Waals surface area contributed by atoms with Gasteiger partial charge in [-0.2, -0.15) is 0 Å². The molecule has 0 aromatic heterocycles. The number of carbonyl (C=O) groups is 1. The fourth-order valence-electron chi connectivity index (χ4n) is 4.89. The number of methoxy groups -OCH3 is 1. The fourth-order valence-corrected chi connectivity index (χ4v) is 4.89. The van der Waals surface area contributed by atoms with Crippen LogP contribution in [0, 0.1) is 31.4 Å². The van der Waals surface area contributed by atoms with E-state index in [9.17, 15) is 13.6 Å². The van der Waals surface area contributed by atoms with Crippen LogP contribution in [0.1, 0.15) is 41.0 Å². The molecule has 2 heterocycles. The molecule has 2 aromatic rings. The van der Waals surface area contributed by atoms with E-state index in [0.29, 0.717) is 13.1 Å². The second-order valence-electron chi connectivity index (χ2n) is 8.88. The molecule has 31 heavy (non-hydrogen) atoms. The summed E-state index contributed by atoms with van der Waals surface area (Å²) in [6.45, 7) is 8.19. The number of halogens is 2. The predicted octanol–water partition coefficient (Wildman–Crippen LogP) is 4.57. The number of ether oxygens (including phenoxy) is 1. The monoisotopic (exact) mass is 428 g/mol. The SMILES string of the molecule is COC(=O)C1CCN(Cc2c(C)cc(C3CN(c4c(F)cccc4F)C3)cc2C)CC1. The highest BCUT2D eigenvalue weighted by atomic mass is 19.1. The number of hydrogen-bond donors (Lipinski definition) is 0. The van der Waals surface area contributed by atoms with Crippen LogP contribution in [0.3, 0.4) is 0 Å². The van der Waals surface area contributed by atoms with Crippen molar-refractivity contribution in [1.82, 2.24) is 4.90 Å². The normalized spacial score (nSPS) is 18.2. The van der Waals surface area contributed by atoms with Gasteiger partial charge in [-0.25, -0.2) is 8.78 Å². The van der Waals surface area contributed by atoms with Gasteiger partial charge >= 0.3 is 5.97 Å². The van der Waals surface area contributed by atoms with Gasteiger partial charge in [0.05, 0.1) is 13.0 Å². The minimum Gasteiger partial charge on any atom is -0.469 e. The molecule has 0 aliphatic carbocycles. The highest BCUT2D eigenvalue weighted by molar-refractivity contribution is 5.72. The number of benzene rings is 2. The van der Waals surface area contributed by atoms with Crippen LogP contribution in [0.4, 0.5) is 14.5 Å². The quantitative estimate of drug-likeness (QED) is 0.653. The largest absolute Gasteiger partial charge is 0.469 e. The van der Waals surface area contributed by atoms with Crippen LogP contribution in [-0.2, 0) is 16.1 Å². The van der Waals surface area contributed by atoms with Crippen LogP contribution < -0.4 is 4.90 Å². The molecule has 2 fully saturated rings. The summed E-state index contributed by atoms with van der Waals surface area (Å²) < 4.78 is 32.9. The summed E-state index contributed by atoms with van der Waals surface area (Å²) in [5.74, 6) is -0.802. The Morgan fingerprint density at radius 2 is 1.65 bits per heavy atom. The van der Waals surface area contributed by atoms with Crippen LogP contribution >= 0.6 is 0 Å². The lowest BCUT2D eigenvalue weighted by Crippen LogP contribution is -2.46. The van der Waals surface area contributed by atoms with E-state index in [1.165, 1.54) is 47.6 Å². The first-order chi connectivity index (χ1) is 14.9. The molecular weight excluding hydrogens is 398 g/mol. The number of aryl methyl sites for hydroxylation is 2. The Morgan fingerprint density at radius 1 is 1.06 bits per heavy atom. The minimum absolute atomic E-state index is 0.0201. The number of piperidine rings is 1. The first-order valence-electron chi connectivity index (χ1n) is 11.0. The molecule has 0 bridgehead atoms. The molecule has 0 radical (unpaired) electrons. The van der Waals surface area contributed by atoms with Gasteiger partial charge in [0.25, 0.3) is 0 Å². The molecule has 0 spiro atoms. The van der Waals surface area contributed by atoms with Crippen molar-refractivity contribution in [2.45, 2.75) is 39.2 Å². The fraction of sp³-hybridized carbons (Fsp3) is 0.480. The maximum atomic E-state index is 14.0. The summed E-state index contributed by atoms with van der Waals surface area (Å²) in [5, 5.41) is 0. The summed E-state index contributed by atoms with van der Waals surface area (Å²) in [4.78, 5) is 15.9. The zero-order valence-corrected chi connectivity index (χ0v) is 18.5. The number of nitrogens with zero attached hydrogens (tertiary/aromatic N) is 2. The van der Waals surface area contributed by atoms with Crippen LogP contribution in [0.25, 0.3) is 0 Å². The van der Waals surface area contributed by atoms with E-state index in [2.05, 4.69) is 30.9 Å². The standard InChI is InChI=1S/C25H30F2N2O2/c1-16-11-19(20-13-29(14-20)24-22(26)5-4-6-23(24)27)12-17(2)21(16)15-28-9-7-18(8-10-28)25(30)31-3/h4-6,11-12,18,20H,7-10,13-15H2,1-3H3. The van der Waals surface area contributed by atoms with Gasteiger partial charge in [0.15, 0.2) is 0 Å². The van der Waals surface area contributed by atoms with Gasteiger partial charge in [0, 0.05) is 25.6 Å². The van der Waals surface area contributed by atoms with E-state index >= 15 is 0 Å². The van der Waals surface area contributed by atoms with Gasteiger partial charge in [-0.15, -0.1) is 0 Å². The van der Waals surface area contributed by atoms with Gasteiger partial charge < -0.3 is 9.64 Å². The van der Waals surface area contributed by atoms with Crippen molar-refractivity contribution in [2.75, 3.05) is 38.2 Å². The number of anilines is 1. The van der Waals surface area contributed by atoms with E-state index in [1.807, 2.05) is 0 Å². The third-order valence-corrected chi connectivity index (χ3v) is 6.83. The Labute approximate surface area is 182 Å². The lowest BCUT2D eigenvalue weighted by molar-refractivity contribution is -0.147. The number of hydrogen-bond acceptors (Lipinski definition) is 4. The first-order valence-corrected chi connectivity index (χ1v) is 11.0. The average molecular weight is 429 g/mol. The first kappa shape index (κ1) is 21.8. The molecule has 0 saturated carbocycles. The van der Waals surface area contributed by atoms with Gasteiger partial charge in [-0.05, 0) is 74.2 Å². The third-order valence-electron chi connectivity index (χ3n) is 6.83. The Morgan fingerprint density at radius 3 is 2.19 bits per heavy atom. The van der Waals surface area contributed by atoms with Crippen molar-refractivity contribution in [3.05, 3.63) is 64.2 Å². The molecule has 4 rings (SSSR count). The van der Waals surface area contributed by atoms with E-state index in [0.717, 1.165) is 32.5 Å². The molecule has 0 atom stereocenters. The molecule has 166 valence electrons. The van der Waals surface area contributed by atoms with Gasteiger partial charge in [-0.1, -0.05) is 18.2 Å². The molecule has 2 aliphatic heterocycles. The van der Waals surface area contributed by atoms with E-state index in [-0.39, 0.29) is 23.5 Å². The van der Waals surface area contributed by atoms with Crippen LogP contribution in [0.15, 0.2) is 30.3 Å². The maximum Gasteiger partial charge on any atom is 0.308 e. The smallest absolute Gasteiger partial charge is 0.308 e. The number of likely N-dealkylation sites (tertiary alicyclic amines) is 1. The maximum absolute atomic E-state index is 14.0. The summed E-state index contributed by atoms with van der Waals surface area (Å²) in [5.41, 5.74) is 5.15. The van der Waals surface area contributed by atoms with Crippen molar-refractivity contribution < 1.29 is 18.3 Å². The molecule has 0 unspecified atom stereocenters. The van der Waals surface area contributed by atoms with Crippen molar-refractivity contribution in [3.8, 4) is 0 Å². The highest BCUT2D eigenvalue weighted by Crippen LogP contribution is 2.36. The van der Waals surface area contributed by atoms with Gasteiger partial charge in [0.2, 0.25) is 0 Å². The van der Waals surface area contributed by atoms with Crippen LogP contribution in [-0.4, -0.2) is 44.2 Å². The highest BCUT2D eigenvalue weighted by Gasteiger charge is 2.32. The molecular formula is C25H30F2N2O2. The van der Waals surface area contributed by atoms with Crippen LogP contribution in [0.5, 0.6) is 0 Å². The average Bonchev–Trinajstić information content (AvgIpc) is 2.71. The Hall–Kier alpha value is -2.47. The molecule has 2 aliphatic rings. The number of para-hydroxylation sites is 1. The number of carbonyl (C=O) groups excluding carboxylic acids is 1. The lowest BCUT2D eigenvalue weighted by Gasteiger charge is -2.42. The molecule has 2 saturated heterocycles. The molecule has 6 heteroatoms. The zero-order chi connectivity index (χ0) is 22.1. The predicted molar refractivity (Wildman–Crippen MR) is 117 cm³/mol. The Balaban J connectivity index is 1.39. The Bertz CT molecular complexity index is 921. The van der Waals surface area contributed by atoms with Crippen LogP contribution in [0.2, 0.25) is 0 Å². The third kappa shape index (κ3) is 4.45. The van der Waals surface area contributed by atoms with E-state index in [1.54, 1.807) is 4.90 Å². The zero-order valence-electron chi connectivity index (χ0n) is 18.5. The summed E-state index contributed by atoms with van der Waals surface area (Å²) in [7, 11) is 1.46.